The van der Waals surface area contributed by atoms with Crippen molar-refractivity contribution >= 4 is 35.6 Å². The molecule has 0 radical (unpaired) electrons. The molecule has 1 aromatic carbocycles. The summed E-state index contributed by atoms with van der Waals surface area (Å²) in [4.78, 5) is 6.88. The van der Waals surface area contributed by atoms with Crippen LogP contribution < -0.4 is 15.5 Å². The quantitative estimate of drug-likeness (QED) is 0.383. The third kappa shape index (κ3) is 6.97. The van der Waals surface area contributed by atoms with Crippen molar-refractivity contribution in [1.82, 2.24) is 15.2 Å². The summed E-state index contributed by atoms with van der Waals surface area (Å²) in [5.74, 6) is 0.856. The number of anilines is 1. The first-order chi connectivity index (χ1) is 11.6. The van der Waals surface area contributed by atoms with E-state index in [0.29, 0.717) is 6.54 Å². The number of aliphatic imine (C=N–C) groups is 1. The summed E-state index contributed by atoms with van der Waals surface area (Å²) >= 11 is 0. The fraction of sp³-hybridized carbons (Fsp3) is 0.421. The molecule has 0 aliphatic heterocycles. The summed E-state index contributed by atoms with van der Waals surface area (Å²) in [6, 6.07) is 10.6. The van der Waals surface area contributed by atoms with Crippen molar-refractivity contribution in [2.75, 3.05) is 32.1 Å². The molecule has 0 atom stereocenters. The molecule has 0 spiro atoms. The van der Waals surface area contributed by atoms with Crippen LogP contribution in [-0.4, -0.2) is 37.7 Å². The number of aryl methyl sites for hydroxylation is 1. The Balaban J connectivity index is 0.00000312. The highest BCUT2D eigenvalue weighted by atomic mass is 127. The van der Waals surface area contributed by atoms with Crippen LogP contribution in [0.25, 0.3) is 0 Å². The van der Waals surface area contributed by atoms with Gasteiger partial charge in [0.15, 0.2) is 5.96 Å². The normalized spacial score (nSPS) is 11.0. The number of hydrogen-bond donors (Lipinski definition) is 2. The van der Waals surface area contributed by atoms with Crippen LogP contribution in [0.5, 0.6) is 0 Å². The van der Waals surface area contributed by atoms with E-state index in [9.17, 15) is 0 Å². The molecule has 5 nitrogen and oxygen atoms in total. The van der Waals surface area contributed by atoms with Gasteiger partial charge in [0.25, 0.3) is 0 Å². The van der Waals surface area contributed by atoms with Crippen LogP contribution in [0.3, 0.4) is 0 Å². The Hall–Kier alpha value is -1.70. The van der Waals surface area contributed by atoms with E-state index in [1.54, 1.807) is 0 Å². The zero-order valence-corrected chi connectivity index (χ0v) is 18.0. The van der Waals surface area contributed by atoms with Gasteiger partial charge in [-0.25, -0.2) is 4.99 Å². The second-order valence-corrected chi connectivity index (χ2v) is 6.07. The van der Waals surface area contributed by atoms with Crippen molar-refractivity contribution in [2.24, 2.45) is 4.99 Å². The SMILES string of the molecule is CCNC(=NCc1ccc(C)cc1N(C)C)NCCn1cccc1.I. The van der Waals surface area contributed by atoms with Crippen LogP contribution in [0, 0.1) is 6.92 Å². The standard InChI is InChI=1S/C19H29N5.HI/c1-5-20-19(21-10-13-24-11-6-7-12-24)22-15-17-9-8-16(2)14-18(17)23(3)4;/h6-9,11-12,14H,5,10,13,15H2,1-4H3,(H2,20,21,22);1H. The van der Waals surface area contributed by atoms with Gasteiger partial charge in [0, 0.05) is 51.8 Å². The third-order valence-corrected chi connectivity index (χ3v) is 3.80. The van der Waals surface area contributed by atoms with Crippen molar-refractivity contribution in [3.8, 4) is 0 Å². The molecule has 138 valence electrons. The second kappa shape index (κ2) is 11.0. The Kier molecular flexibility index (Phi) is 9.41. The number of nitrogens with one attached hydrogen (secondary N) is 2. The molecule has 2 rings (SSSR count). The lowest BCUT2D eigenvalue weighted by Crippen LogP contribution is -2.38. The van der Waals surface area contributed by atoms with Gasteiger partial charge in [0.05, 0.1) is 6.54 Å². The van der Waals surface area contributed by atoms with Gasteiger partial charge in [-0.15, -0.1) is 24.0 Å². The van der Waals surface area contributed by atoms with Crippen molar-refractivity contribution in [1.29, 1.82) is 0 Å². The molecular weight excluding hydrogens is 425 g/mol. The van der Waals surface area contributed by atoms with Crippen LogP contribution in [0.2, 0.25) is 0 Å². The summed E-state index contributed by atoms with van der Waals surface area (Å²) in [6.07, 6.45) is 4.14. The Bertz CT molecular complexity index is 650. The molecule has 1 heterocycles. The smallest absolute Gasteiger partial charge is 0.191 e. The molecule has 0 saturated carbocycles. The molecule has 0 fully saturated rings. The van der Waals surface area contributed by atoms with Crippen molar-refractivity contribution in [2.45, 2.75) is 26.9 Å². The van der Waals surface area contributed by atoms with Crippen LogP contribution in [0.4, 0.5) is 5.69 Å². The Morgan fingerprint density at radius 3 is 2.52 bits per heavy atom. The van der Waals surface area contributed by atoms with E-state index < -0.39 is 0 Å². The number of halogens is 1. The van der Waals surface area contributed by atoms with Crippen molar-refractivity contribution in [3.63, 3.8) is 0 Å². The molecule has 0 aliphatic rings. The van der Waals surface area contributed by atoms with E-state index in [1.807, 2.05) is 12.1 Å². The molecule has 2 N–H and O–H groups in total. The zero-order chi connectivity index (χ0) is 17.4. The fourth-order valence-corrected chi connectivity index (χ4v) is 2.55. The molecule has 0 unspecified atom stereocenters. The van der Waals surface area contributed by atoms with Gasteiger partial charge in [-0.05, 0) is 43.2 Å². The topological polar surface area (TPSA) is 44.6 Å². The minimum Gasteiger partial charge on any atom is -0.377 e. The number of benzene rings is 1. The van der Waals surface area contributed by atoms with Crippen LogP contribution in [-0.2, 0) is 13.1 Å². The first-order valence-corrected chi connectivity index (χ1v) is 8.50. The van der Waals surface area contributed by atoms with Crippen molar-refractivity contribution < 1.29 is 0 Å². The van der Waals surface area contributed by atoms with Crippen LogP contribution in [0.15, 0.2) is 47.7 Å². The number of aromatic nitrogens is 1. The maximum Gasteiger partial charge on any atom is 0.191 e. The maximum atomic E-state index is 4.73. The van der Waals surface area contributed by atoms with Gasteiger partial charge in [0.1, 0.15) is 0 Å². The molecule has 0 bridgehead atoms. The zero-order valence-electron chi connectivity index (χ0n) is 15.6. The summed E-state index contributed by atoms with van der Waals surface area (Å²) in [5.41, 5.74) is 3.72. The summed E-state index contributed by atoms with van der Waals surface area (Å²) in [6.45, 7) is 7.48. The van der Waals surface area contributed by atoms with E-state index >= 15 is 0 Å². The summed E-state index contributed by atoms with van der Waals surface area (Å²) in [7, 11) is 4.14. The van der Waals surface area contributed by atoms with E-state index in [2.05, 4.69) is 78.6 Å². The highest BCUT2D eigenvalue weighted by Crippen LogP contribution is 2.21. The van der Waals surface area contributed by atoms with Crippen LogP contribution >= 0.6 is 24.0 Å². The molecular formula is C19H30IN5. The molecule has 1 aromatic heterocycles. The first kappa shape index (κ1) is 21.3. The fourth-order valence-electron chi connectivity index (χ4n) is 2.55. The lowest BCUT2D eigenvalue weighted by Gasteiger charge is -2.18. The Morgan fingerprint density at radius 1 is 1.16 bits per heavy atom. The number of nitrogens with zero attached hydrogens (tertiary/aromatic N) is 3. The van der Waals surface area contributed by atoms with E-state index in [4.69, 9.17) is 4.99 Å². The van der Waals surface area contributed by atoms with Gasteiger partial charge < -0.3 is 20.1 Å². The minimum atomic E-state index is 0. The highest BCUT2D eigenvalue weighted by Gasteiger charge is 2.05. The minimum absolute atomic E-state index is 0. The predicted octanol–water partition coefficient (Wildman–Crippen LogP) is 3.24. The van der Waals surface area contributed by atoms with Gasteiger partial charge in [0.2, 0.25) is 0 Å². The highest BCUT2D eigenvalue weighted by molar-refractivity contribution is 14.0. The molecule has 0 aliphatic carbocycles. The average molecular weight is 455 g/mol. The van der Waals surface area contributed by atoms with Gasteiger partial charge >= 0.3 is 0 Å². The van der Waals surface area contributed by atoms with Crippen LogP contribution in [0.1, 0.15) is 18.1 Å². The largest absolute Gasteiger partial charge is 0.377 e. The molecule has 25 heavy (non-hydrogen) atoms. The van der Waals surface area contributed by atoms with Gasteiger partial charge in [-0.2, -0.15) is 0 Å². The predicted molar refractivity (Wildman–Crippen MR) is 118 cm³/mol. The van der Waals surface area contributed by atoms with Gasteiger partial charge in [-0.3, -0.25) is 0 Å². The monoisotopic (exact) mass is 455 g/mol. The average Bonchev–Trinajstić information content (AvgIpc) is 3.06. The lowest BCUT2D eigenvalue weighted by molar-refractivity contribution is 0.666. The second-order valence-electron chi connectivity index (χ2n) is 6.07. The number of guanidine groups is 1. The Labute approximate surface area is 168 Å². The van der Waals surface area contributed by atoms with E-state index in [1.165, 1.54) is 16.8 Å². The third-order valence-electron chi connectivity index (χ3n) is 3.80. The van der Waals surface area contributed by atoms with E-state index in [-0.39, 0.29) is 24.0 Å². The van der Waals surface area contributed by atoms with E-state index in [0.717, 1.165) is 25.6 Å². The van der Waals surface area contributed by atoms with Crippen molar-refractivity contribution in [3.05, 3.63) is 53.9 Å². The van der Waals surface area contributed by atoms with Gasteiger partial charge in [-0.1, -0.05) is 12.1 Å². The molecule has 6 heteroatoms. The molecule has 2 aromatic rings. The molecule has 0 amide bonds. The summed E-state index contributed by atoms with van der Waals surface area (Å²) < 4.78 is 2.15. The lowest BCUT2D eigenvalue weighted by atomic mass is 10.1. The summed E-state index contributed by atoms with van der Waals surface area (Å²) in [5, 5.41) is 6.70. The number of rotatable bonds is 7. The molecule has 0 saturated heterocycles. The first-order valence-electron chi connectivity index (χ1n) is 8.50. The Morgan fingerprint density at radius 2 is 1.88 bits per heavy atom. The number of hydrogen-bond acceptors (Lipinski definition) is 2. The maximum absolute atomic E-state index is 4.73.